The van der Waals surface area contributed by atoms with Gasteiger partial charge in [0.1, 0.15) is 12.2 Å². The van der Waals surface area contributed by atoms with Crippen molar-refractivity contribution in [2.24, 2.45) is 4.99 Å². The summed E-state index contributed by atoms with van der Waals surface area (Å²) in [5.74, 6) is 1.80. The average Bonchev–Trinajstić information content (AvgIpc) is 3.19. The molecular formula is C21H34ClN7. The van der Waals surface area contributed by atoms with E-state index in [4.69, 9.17) is 16.6 Å². The molecule has 29 heavy (non-hydrogen) atoms. The van der Waals surface area contributed by atoms with E-state index in [1.165, 1.54) is 0 Å². The summed E-state index contributed by atoms with van der Waals surface area (Å²) < 4.78 is 2.07. The van der Waals surface area contributed by atoms with Crippen molar-refractivity contribution < 1.29 is 0 Å². The third-order valence-corrected chi connectivity index (χ3v) is 5.29. The zero-order chi connectivity index (χ0) is 21.1. The van der Waals surface area contributed by atoms with E-state index in [9.17, 15) is 0 Å². The summed E-state index contributed by atoms with van der Waals surface area (Å²) in [4.78, 5) is 7.25. The number of halogens is 1. The van der Waals surface area contributed by atoms with E-state index in [1.54, 1.807) is 6.33 Å². The van der Waals surface area contributed by atoms with Crippen molar-refractivity contribution in [3.63, 3.8) is 0 Å². The SMILES string of the molecule is CCNC(=NCC(c1ccccc1Cl)N(CC)CC)NCCn1cnnc1CC. The Labute approximate surface area is 179 Å². The van der Waals surface area contributed by atoms with Crippen molar-refractivity contribution in [1.82, 2.24) is 30.3 Å². The van der Waals surface area contributed by atoms with Crippen LogP contribution >= 0.6 is 11.6 Å². The first kappa shape index (κ1) is 23.2. The summed E-state index contributed by atoms with van der Waals surface area (Å²) in [7, 11) is 0. The van der Waals surface area contributed by atoms with Gasteiger partial charge < -0.3 is 15.2 Å². The Morgan fingerprint density at radius 1 is 1.17 bits per heavy atom. The molecule has 2 rings (SSSR count). The topological polar surface area (TPSA) is 70.4 Å². The number of aliphatic imine (C=N–C) groups is 1. The van der Waals surface area contributed by atoms with Crippen LogP contribution in [0.5, 0.6) is 0 Å². The number of nitrogens with one attached hydrogen (secondary N) is 2. The number of guanidine groups is 1. The number of benzene rings is 1. The Kier molecular flexibility index (Phi) is 9.94. The highest BCUT2D eigenvalue weighted by atomic mass is 35.5. The maximum atomic E-state index is 6.50. The van der Waals surface area contributed by atoms with Gasteiger partial charge in [0.15, 0.2) is 5.96 Å². The smallest absolute Gasteiger partial charge is 0.191 e. The lowest BCUT2D eigenvalue weighted by atomic mass is 10.1. The molecule has 0 saturated heterocycles. The molecule has 2 aromatic rings. The van der Waals surface area contributed by atoms with Gasteiger partial charge >= 0.3 is 0 Å². The van der Waals surface area contributed by atoms with Gasteiger partial charge in [-0.05, 0) is 31.6 Å². The second-order valence-electron chi connectivity index (χ2n) is 6.70. The molecule has 1 heterocycles. The summed E-state index contributed by atoms with van der Waals surface area (Å²) in [6.45, 7) is 13.4. The molecule has 0 aliphatic heterocycles. The molecule has 0 radical (unpaired) electrons. The van der Waals surface area contributed by atoms with Gasteiger partial charge in [0, 0.05) is 31.1 Å². The largest absolute Gasteiger partial charge is 0.357 e. The Balaban J connectivity index is 2.08. The van der Waals surface area contributed by atoms with Crippen LogP contribution < -0.4 is 10.6 Å². The van der Waals surface area contributed by atoms with Gasteiger partial charge in [-0.2, -0.15) is 0 Å². The van der Waals surface area contributed by atoms with E-state index >= 15 is 0 Å². The first-order chi connectivity index (χ1) is 14.1. The van der Waals surface area contributed by atoms with Crippen LogP contribution in [0, 0.1) is 0 Å². The first-order valence-electron chi connectivity index (χ1n) is 10.5. The fourth-order valence-electron chi connectivity index (χ4n) is 3.37. The van der Waals surface area contributed by atoms with Gasteiger partial charge in [-0.25, -0.2) is 0 Å². The van der Waals surface area contributed by atoms with Crippen molar-refractivity contribution in [2.45, 2.75) is 46.7 Å². The third kappa shape index (κ3) is 6.72. The standard InChI is InChI=1S/C21H34ClN7/c1-5-20-27-26-16-29(20)14-13-24-21(23-6-2)25-15-19(28(7-3)8-4)17-11-9-10-12-18(17)22/h9-12,16,19H,5-8,13-15H2,1-4H3,(H2,23,24,25). The monoisotopic (exact) mass is 419 g/mol. The molecule has 1 aromatic heterocycles. The average molecular weight is 420 g/mol. The Bertz CT molecular complexity index is 755. The summed E-state index contributed by atoms with van der Waals surface area (Å²) in [6, 6.07) is 8.19. The van der Waals surface area contributed by atoms with Gasteiger partial charge in [-0.1, -0.05) is 50.6 Å². The highest BCUT2D eigenvalue weighted by molar-refractivity contribution is 6.31. The summed E-state index contributed by atoms with van der Waals surface area (Å²) >= 11 is 6.50. The summed E-state index contributed by atoms with van der Waals surface area (Å²) in [5, 5.41) is 15.7. The van der Waals surface area contributed by atoms with Crippen LogP contribution in [0.2, 0.25) is 5.02 Å². The molecule has 0 spiro atoms. The van der Waals surface area contributed by atoms with Crippen LogP contribution in [-0.4, -0.2) is 58.3 Å². The molecule has 0 saturated carbocycles. The summed E-state index contributed by atoms with van der Waals surface area (Å²) in [5.41, 5.74) is 1.12. The van der Waals surface area contributed by atoms with E-state index in [2.05, 4.69) is 64.1 Å². The lowest BCUT2D eigenvalue weighted by Crippen LogP contribution is -2.40. The van der Waals surface area contributed by atoms with Crippen molar-refractivity contribution in [1.29, 1.82) is 0 Å². The fourth-order valence-corrected chi connectivity index (χ4v) is 3.64. The van der Waals surface area contributed by atoms with Gasteiger partial charge in [-0.15, -0.1) is 10.2 Å². The van der Waals surface area contributed by atoms with E-state index in [-0.39, 0.29) is 6.04 Å². The Morgan fingerprint density at radius 3 is 2.59 bits per heavy atom. The second kappa shape index (κ2) is 12.4. The Morgan fingerprint density at radius 2 is 1.93 bits per heavy atom. The lowest BCUT2D eigenvalue weighted by molar-refractivity contribution is 0.224. The van der Waals surface area contributed by atoms with E-state index in [1.807, 2.05) is 18.2 Å². The maximum Gasteiger partial charge on any atom is 0.191 e. The predicted molar refractivity (Wildman–Crippen MR) is 120 cm³/mol. The van der Waals surface area contributed by atoms with Crippen molar-refractivity contribution >= 4 is 17.6 Å². The van der Waals surface area contributed by atoms with Crippen molar-refractivity contribution in [2.75, 3.05) is 32.7 Å². The van der Waals surface area contributed by atoms with E-state index in [0.29, 0.717) is 6.54 Å². The lowest BCUT2D eigenvalue weighted by Gasteiger charge is -2.29. The molecule has 2 N–H and O–H groups in total. The van der Waals surface area contributed by atoms with Crippen LogP contribution in [0.4, 0.5) is 0 Å². The van der Waals surface area contributed by atoms with Gasteiger partial charge in [0.25, 0.3) is 0 Å². The number of hydrogen-bond acceptors (Lipinski definition) is 4. The zero-order valence-electron chi connectivity index (χ0n) is 18.0. The molecule has 0 aliphatic rings. The maximum absolute atomic E-state index is 6.50. The van der Waals surface area contributed by atoms with E-state index < -0.39 is 0 Å². The zero-order valence-corrected chi connectivity index (χ0v) is 18.8. The Hall–Kier alpha value is -2.12. The molecule has 160 valence electrons. The molecule has 1 aromatic carbocycles. The van der Waals surface area contributed by atoms with Gasteiger partial charge in [0.05, 0.1) is 12.6 Å². The highest BCUT2D eigenvalue weighted by Crippen LogP contribution is 2.27. The van der Waals surface area contributed by atoms with E-state index in [0.717, 1.165) is 61.5 Å². The summed E-state index contributed by atoms with van der Waals surface area (Å²) in [6.07, 6.45) is 2.65. The molecule has 0 bridgehead atoms. The minimum Gasteiger partial charge on any atom is -0.357 e. The number of hydrogen-bond donors (Lipinski definition) is 2. The van der Waals surface area contributed by atoms with Gasteiger partial charge in [0.2, 0.25) is 0 Å². The number of nitrogens with zero attached hydrogens (tertiary/aromatic N) is 5. The number of rotatable bonds is 11. The molecule has 7 nitrogen and oxygen atoms in total. The fraction of sp³-hybridized carbons (Fsp3) is 0.571. The van der Waals surface area contributed by atoms with Gasteiger partial charge in [-0.3, -0.25) is 9.89 Å². The molecule has 1 unspecified atom stereocenters. The van der Waals surface area contributed by atoms with Crippen molar-refractivity contribution in [3.05, 3.63) is 47.0 Å². The highest BCUT2D eigenvalue weighted by Gasteiger charge is 2.20. The van der Waals surface area contributed by atoms with Crippen LogP contribution in [0.1, 0.15) is 45.1 Å². The van der Waals surface area contributed by atoms with Crippen molar-refractivity contribution in [3.8, 4) is 0 Å². The first-order valence-corrected chi connectivity index (χ1v) is 10.9. The van der Waals surface area contributed by atoms with Crippen LogP contribution in [0.25, 0.3) is 0 Å². The minimum absolute atomic E-state index is 0.138. The molecular weight excluding hydrogens is 386 g/mol. The predicted octanol–water partition coefficient (Wildman–Crippen LogP) is 3.13. The quantitative estimate of drug-likeness (QED) is 0.432. The molecule has 8 heteroatoms. The van der Waals surface area contributed by atoms with Crippen LogP contribution in [0.3, 0.4) is 0 Å². The molecule has 0 aliphatic carbocycles. The van der Waals surface area contributed by atoms with Crippen LogP contribution in [0.15, 0.2) is 35.6 Å². The molecule has 1 atom stereocenters. The molecule has 0 amide bonds. The number of likely N-dealkylation sites (N-methyl/N-ethyl adjacent to an activating group) is 1. The third-order valence-electron chi connectivity index (χ3n) is 4.94. The second-order valence-corrected chi connectivity index (χ2v) is 7.11. The minimum atomic E-state index is 0.138. The normalized spacial score (nSPS) is 13.0. The van der Waals surface area contributed by atoms with Crippen LogP contribution in [-0.2, 0) is 13.0 Å². The number of aryl methyl sites for hydroxylation is 1. The number of aromatic nitrogens is 3. The molecule has 0 fully saturated rings.